The highest BCUT2D eigenvalue weighted by molar-refractivity contribution is 5.95. The number of nitrogens with zero attached hydrogens (tertiary/aromatic N) is 5. The van der Waals surface area contributed by atoms with Crippen LogP contribution in [-0.4, -0.2) is 54.0 Å². The van der Waals surface area contributed by atoms with Gasteiger partial charge < -0.3 is 26.5 Å². The summed E-state index contributed by atoms with van der Waals surface area (Å²) < 4.78 is 0. The average molecular weight is 417 g/mol. The Morgan fingerprint density at radius 3 is 2.53 bits per heavy atom. The Morgan fingerprint density at radius 2 is 1.97 bits per heavy atom. The van der Waals surface area contributed by atoms with Gasteiger partial charge in [-0.25, -0.2) is 15.0 Å². The van der Waals surface area contributed by atoms with Crippen LogP contribution in [0.2, 0.25) is 0 Å². The largest absolute Gasteiger partial charge is 0.409 e. The molecule has 0 saturated heterocycles. The molecule has 1 atom stereocenters. The van der Waals surface area contributed by atoms with E-state index in [1.807, 2.05) is 7.05 Å². The van der Waals surface area contributed by atoms with Crippen LogP contribution in [0.3, 0.4) is 0 Å². The molecular formula is C21H36N8O. The molecular weight excluding hydrogens is 380 g/mol. The number of hydrogen-bond donors (Lipinski definition) is 4. The predicted octanol–water partition coefficient (Wildman–Crippen LogP) is 3.07. The van der Waals surface area contributed by atoms with Crippen LogP contribution in [0.1, 0.15) is 64.1 Å². The minimum atomic E-state index is -0.141. The van der Waals surface area contributed by atoms with Gasteiger partial charge in [-0.1, -0.05) is 30.8 Å². The zero-order chi connectivity index (χ0) is 21.5. The second kappa shape index (κ2) is 10.6. The number of rotatable bonds is 10. The number of amidine groups is 1. The first-order valence-electron chi connectivity index (χ1n) is 11.1. The number of aromatic nitrogens is 2. The Morgan fingerprint density at radius 1 is 1.23 bits per heavy atom. The first kappa shape index (κ1) is 22.3. The highest BCUT2D eigenvalue weighted by Crippen LogP contribution is 2.38. The molecule has 166 valence electrons. The van der Waals surface area contributed by atoms with Gasteiger partial charge in [0.2, 0.25) is 11.7 Å². The van der Waals surface area contributed by atoms with Crippen LogP contribution in [0.4, 0.5) is 17.3 Å². The molecule has 3 rings (SSSR count). The maximum Gasteiger partial charge on any atom is 0.208 e. The zero-order valence-corrected chi connectivity index (χ0v) is 18.3. The van der Waals surface area contributed by atoms with Gasteiger partial charge in [-0.15, -0.1) is 0 Å². The number of hydrogen-bond acceptors (Lipinski definition) is 8. The van der Waals surface area contributed by atoms with Gasteiger partial charge in [0, 0.05) is 12.6 Å². The Bertz CT molecular complexity index is 743. The topological polar surface area (TPSA) is 124 Å². The summed E-state index contributed by atoms with van der Waals surface area (Å²) in [5, 5.41) is 19.1. The Kier molecular flexibility index (Phi) is 7.84. The Labute approximate surface area is 179 Å². The number of nitrogens with two attached hydrogens (primary N) is 1. The van der Waals surface area contributed by atoms with Gasteiger partial charge in [-0.2, -0.15) is 0 Å². The van der Waals surface area contributed by atoms with Gasteiger partial charge in [-0.3, -0.25) is 0 Å². The van der Waals surface area contributed by atoms with Crippen LogP contribution < -0.4 is 21.3 Å². The molecule has 2 aliphatic carbocycles. The van der Waals surface area contributed by atoms with Gasteiger partial charge in [0.05, 0.1) is 6.67 Å². The van der Waals surface area contributed by atoms with Crippen LogP contribution in [0.15, 0.2) is 10.1 Å². The molecule has 0 radical (unpaired) electrons. The average Bonchev–Trinajstić information content (AvgIpc) is 2.71. The maximum absolute atomic E-state index is 9.13. The van der Waals surface area contributed by atoms with Gasteiger partial charge in [0.15, 0.2) is 11.6 Å². The molecule has 2 fully saturated rings. The molecule has 1 aromatic heterocycles. The molecule has 1 aromatic rings. The van der Waals surface area contributed by atoms with Gasteiger partial charge >= 0.3 is 0 Å². The second-order valence-corrected chi connectivity index (χ2v) is 8.57. The van der Waals surface area contributed by atoms with Gasteiger partial charge in [-0.05, 0) is 58.2 Å². The smallest absolute Gasteiger partial charge is 0.208 e. The van der Waals surface area contributed by atoms with E-state index in [2.05, 4.69) is 49.3 Å². The van der Waals surface area contributed by atoms with Crippen LogP contribution >= 0.6 is 0 Å². The number of oxime groups is 1. The first-order valence-corrected chi connectivity index (χ1v) is 11.1. The van der Waals surface area contributed by atoms with Crippen molar-refractivity contribution in [3.8, 4) is 0 Å². The zero-order valence-electron chi connectivity index (χ0n) is 18.3. The van der Waals surface area contributed by atoms with E-state index >= 15 is 0 Å². The minimum Gasteiger partial charge on any atom is -0.409 e. The van der Waals surface area contributed by atoms with Crippen LogP contribution in [0.5, 0.6) is 0 Å². The summed E-state index contributed by atoms with van der Waals surface area (Å²) in [7, 11) is 1.94. The molecule has 0 bridgehead atoms. The Balaban J connectivity index is 1.99. The minimum absolute atomic E-state index is 0.141. The number of aliphatic imine (C=N–C) groups is 1. The van der Waals surface area contributed by atoms with Crippen molar-refractivity contribution in [2.75, 3.05) is 30.5 Å². The third-order valence-electron chi connectivity index (χ3n) is 6.44. The third-order valence-corrected chi connectivity index (χ3v) is 6.44. The summed E-state index contributed by atoms with van der Waals surface area (Å²) in [5.41, 5.74) is 6.63. The van der Waals surface area contributed by atoms with E-state index in [9.17, 15) is 0 Å². The molecule has 0 spiro atoms. The lowest BCUT2D eigenvalue weighted by Crippen LogP contribution is -2.39. The van der Waals surface area contributed by atoms with E-state index in [0.717, 1.165) is 12.2 Å². The fourth-order valence-corrected chi connectivity index (χ4v) is 4.48. The second-order valence-electron chi connectivity index (χ2n) is 8.57. The highest BCUT2D eigenvalue weighted by Gasteiger charge is 2.28. The molecule has 30 heavy (non-hydrogen) atoms. The molecule has 2 saturated carbocycles. The fraction of sp³-hybridized carbons (Fsp3) is 0.714. The van der Waals surface area contributed by atoms with E-state index < -0.39 is 0 Å². The quantitative estimate of drug-likeness (QED) is 0.152. The van der Waals surface area contributed by atoms with Crippen LogP contribution in [-0.2, 0) is 0 Å². The van der Waals surface area contributed by atoms with Crippen molar-refractivity contribution >= 4 is 29.9 Å². The summed E-state index contributed by atoms with van der Waals surface area (Å²) >= 11 is 0. The van der Waals surface area contributed by atoms with E-state index in [4.69, 9.17) is 10.9 Å². The van der Waals surface area contributed by atoms with Crippen LogP contribution in [0.25, 0.3) is 0 Å². The molecule has 9 heteroatoms. The summed E-state index contributed by atoms with van der Waals surface area (Å²) in [6.45, 7) is 7.47. The van der Waals surface area contributed by atoms with Crippen molar-refractivity contribution in [1.82, 2.24) is 15.3 Å². The van der Waals surface area contributed by atoms with Gasteiger partial charge in [0.1, 0.15) is 5.69 Å². The van der Waals surface area contributed by atoms with Crippen molar-refractivity contribution in [2.24, 2.45) is 27.7 Å². The number of anilines is 2. The standard InChI is InChI=1S/C21H36N8O/c1-14(16-10-7-11-16)25-20-17(19(24-3)26-21(27-20)18(22)28-30)29(13-23-2)12-15-8-5-4-6-9-15/h14-16,23,30H,3-13H2,1-2H3,(H2,22,28)(H,25,26,27)/t14-/m1/s1. The summed E-state index contributed by atoms with van der Waals surface area (Å²) in [6, 6.07) is 0.260. The molecule has 0 aliphatic heterocycles. The van der Waals surface area contributed by atoms with Crippen molar-refractivity contribution < 1.29 is 5.21 Å². The first-order chi connectivity index (χ1) is 14.6. The van der Waals surface area contributed by atoms with Crippen molar-refractivity contribution in [3.05, 3.63) is 5.82 Å². The lowest BCUT2D eigenvalue weighted by Gasteiger charge is -2.35. The lowest BCUT2D eigenvalue weighted by atomic mass is 9.80. The van der Waals surface area contributed by atoms with E-state index in [-0.39, 0.29) is 17.7 Å². The van der Waals surface area contributed by atoms with E-state index in [1.165, 1.54) is 51.4 Å². The van der Waals surface area contributed by atoms with Crippen molar-refractivity contribution in [1.29, 1.82) is 0 Å². The van der Waals surface area contributed by atoms with Gasteiger partial charge in [0.25, 0.3) is 0 Å². The molecule has 2 aliphatic rings. The fourth-order valence-electron chi connectivity index (χ4n) is 4.48. The third kappa shape index (κ3) is 5.19. The summed E-state index contributed by atoms with van der Waals surface area (Å²) in [4.78, 5) is 15.5. The lowest BCUT2D eigenvalue weighted by molar-refractivity contribution is 0.285. The molecule has 5 N–H and O–H groups in total. The van der Waals surface area contributed by atoms with E-state index in [1.54, 1.807) is 0 Å². The maximum atomic E-state index is 9.13. The predicted molar refractivity (Wildman–Crippen MR) is 122 cm³/mol. The molecule has 1 heterocycles. The molecule has 0 unspecified atom stereocenters. The molecule has 0 amide bonds. The summed E-state index contributed by atoms with van der Waals surface area (Å²) in [6.07, 6.45) is 10.1. The highest BCUT2D eigenvalue weighted by atomic mass is 16.4. The monoisotopic (exact) mass is 416 g/mol. The molecule has 0 aromatic carbocycles. The molecule has 9 nitrogen and oxygen atoms in total. The van der Waals surface area contributed by atoms with Crippen molar-refractivity contribution in [2.45, 2.75) is 64.3 Å². The number of nitrogens with one attached hydrogen (secondary N) is 2. The summed E-state index contributed by atoms with van der Waals surface area (Å²) in [5.74, 6) is 2.37. The normalized spacial score (nSPS) is 19.2. The van der Waals surface area contributed by atoms with E-state index in [0.29, 0.717) is 30.1 Å². The SMILES string of the molecule is C=Nc1nc(/C(N)=N/O)nc(N[C@H](C)C2CCC2)c1N(CNC)CC1CCCCC1. The Hall–Kier alpha value is -2.42. The van der Waals surface area contributed by atoms with Crippen LogP contribution in [0, 0.1) is 11.8 Å². The van der Waals surface area contributed by atoms with Crippen molar-refractivity contribution in [3.63, 3.8) is 0 Å².